The predicted molar refractivity (Wildman–Crippen MR) is 63.9 cm³/mol. The summed E-state index contributed by atoms with van der Waals surface area (Å²) in [6.07, 6.45) is 3.91. The highest BCUT2D eigenvalue weighted by atomic mass is 16.3. The van der Waals surface area contributed by atoms with Gasteiger partial charge in [0.25, 0.3) is 0 Å². The molecule has 1 rings (SSSR count). The van der Waals surface area contributed by atoms with Gasteiger partial charge in [0.2, 0.25) is 5.91 Å². The molecular formula is C12H24N2O2. The minimum atomic E-state index is -0.481. The van der Waals surface area contributed by atoms with Gasteiger partial charge in [0.05, 0.1) is 5.41 Å². The smallest absolute Gasteiger partial charge is 0.229 e. The number of aliphatic hydroxyl groups excluding tert-OH is 1. The van der Waals surface area contributed by atoms with E-state index >= 15 is 0 Å². The van der Waals surface area contributed by atoms with Crippen LogP contribution in [-0.4, -0.2) is 41.7 Å². The third kappa shape index (κ3) is 2.95. The van der Waals surface area contributed by atoms with Gasteiger partial charge in [-0.25, -0.2) is 0 Å². The molecular weight excluding hydrogens is 204 g/mol. The molecule has 0 radical (unpaired) electrons. The van der Waals surface area contributed by atoms with Gasteiger partial charge in [0.15, 0.2) is 0 Å². The van der Waals surface area contributed by atoms with Crippen LogP contribution in [0.5, 0.6) is 0 Å². The van der Waals surface area contributed by atoms with Gasteiger partial charge in [-0.2, -0.15) is 0 Å². The van der Waals surface area contributed by atoms with Gasteiger partial charge < -0.3 is 15.7 Å². The number of aliphatic hydroxyl groups is 1. The van der Waals surface area contributed by atoms with E-state index in [1.165, 1.54) is 0 Å². The summed E-state index contributed by atoms with van der Waals surface area (Å²) in [6.45, 7) is 5.11. The zero-order chi connectivity index (χ0) is 12.2. The Balaban J connectivity index is 2.71. The van der Waals surface area contributed by atoms with Crippen molar-refractivity contribution >= 4 is 5.91 Å². The van der Waals surface area contributed by atoms with Gasteiger partial charge in [-0.3, -0.25) is 4.79 Å². The van der Waals surface area contributed by atoms with Gasteiger partial charge in [-0.1, -0.05) is 0 Å². The molecule has 0 aromatic heterocycles. The number of carbonyl (C=O) groups is 1. The molecule has 1 fully saturated rings. The van der Waals surface area contributed by atoms with Crippen LogP contribution in [0.2, 0.25) is 0 Å². The average Bonchev–Trinajstić information content (AvgIpc) is 2.29. The molecule has 1 amide bonds. The van der Waals surface area contributed by atoms with E-state index in [0.29, 0.717) is 13.0 Å². The number of hydrogen-bond acceptors (Lipinski definition) is 3. The summed E-state index contributed by atoms with van der Waals surface area (Å²) in [5.74, 6) is 0.133. The van der Waals surface area contributed by atoms with Crippen molar-refractivity contribution in [2.24, 2.45) is 11.1 Å². The van der Waals surface area contributed by atoms with Crippen LogP contribution in [0.1, 0.15) is 39.5 Å². The molecule has 4 nitrogen and oxygen atoms in total. The first-order chi connectivity index (χ1) is 7.53. The fourth-order valence-corrected chi connectivity index (χ4v) is 2.19. The molecule has 0 aromatic carbocycles. The van der Waals surface area contributed by atoms with E-state index in [-0.39, 0.29) is 18.6 Å². The number of nitrogens with zero attached hydrogens (tertiary/aromatic N) is 1. The Morgan fingerprint density at radius 1 is 1.50 bits per heavy atom. The molecule has 0 aromatic rings. The molecule has 16 heavy (non-hydrogen) atoms. The normalized spacial score (nSPS) is 22.2. The largest absolute Gasteiger partial charge is 0.396 e. The minimum absolute atomic E-state index is 0.133. The number of carbonyl (C=O) groups excluding carboxylic acids is 1. The first-order valence-electron chi connectivity index (χ1n) is 6.15. The Labute approximate surface area is 97.8 Å². The third-order valence-electron chi connectivity index (χ3n) is 3.44. The topological polar surface area (TPSA) is 66.6 Å². The molecule has 1 aliphatic rings. The Morgan fingerprint density at radius 2 is 2.19 bits per heavy atom. The maximum Gasteiger partial charge on any atom is 0.229 e. The lowest BCUT2D eigenvalue weighted by Crippen LogP contribution is -2.51. The summed E-state index contributed by atoms with van der Waals surface area (Å²) in [5, 5.41) is 9.02. The summed E-state index contributed by atoms with van der Waals surface area (Å²) < 4.78 is 0. The van der Waals surface area contributed by atoms with E-state index in [2.05, 4.69) is 0 Å². The number of piperidine rings is 1. The fraction of sp³-hybridized carbons (Fsp3) is 0.917. The second-order valence-electron chi connectivity index (χ2n) is 5.25. The molecule has 1 heterocycles. The molecule has 1 unspecified atom stereocenters. The highest BCUT2D eigenvalue weighted by Crippen LogP contribution is 2.25. The summed E-state index contributed by atoms with van der Waals surface area (Å²) >= 11 is 0. The van der Waals surface area contributed by atoms with Crippen LogP contribution < -0.4 is 5.73 Å². The van der Waals surface area contributed by atoms with E-state index in [0.717, 1.165) is 25.8 Å². The van der Waals surface area contributed by atoms with Crippen molar-refractivity contribution in [3.05, 3.63) is 0 Å². The second-order valence-corrected chi connectivity index (χ2v) is 5.25. The van der Waals surface area contributed by atoms with Crippen molar-refractivity contribution < 1.29 is 9.90 Å². The molecule has 1 saturated heterocycles. The van der Waals surface area contributed by atoms with Crippen LogP contribution in [0.15, 0.2) is 0 Å². The zero-order valence-electron chi connectivity index (χ0n) is 10.4. The Morgan fingerprint density at radius 3 is 2.75 bits per heavy atom. The Hall–Kier alpha value is -0.610. The molecule has 3 N–H and O–H groups in total. The Kier molecular flexibility index (Phi) is 4.74. The first-order valence-corrected chi connectivity index (χ1v) is 6.15. The lowest BCUT2D eigenvalue weighted by Gasteiger charge is -2.40. The van der Waals surface area contributed by atoms with E-state index < -0.39 is 5.41 Å². The molecule has 0 saturated carbocycles. The molecule has 4 heteroatoms. The summed E-state index contributed by atoms with van der Waals surface area (Å²) in [4.78, 5) is 14.2. The maximum atomic E-state index is 12.3. The van der Waals surface area contributed by atoms with Crippen molar-refractivity contribution in [3.8, 4) is 0 Å². The summed E-state index contributed by atoms with van der Waals surface area (Å²) in [6, 6.07) is 0.206. The number of nitrogens with two attached hydrogens (primary N) is 1. The van der Waals surface area contributed by atoms with Crippen LogP contribution in [0, 0.1) is 5.41 Å². The quantitative estimate of drug-likeness (QED) is 0.745. The van der Waals surface area contributed by atoms with E-state index in [9.17, 15) is 4.79 Å². The third-order valence-corrected chi connectivity index (χ3v) is 3.44. The summed E-state index contributed by atoms with van der Waals surface area (Å²) in [5.41, 5.74) is 5.16. The number of rotatable bonds is 4. The number of hydrogen-bond donors (Lipinski definition) is 2. The highest BCUT2D eigenvalue weighted by molar-refractivity contribution is 5.82. The lowest BCUT2D eigenvalue weighted by molar-refractivity contribution is -0.144. The van der Waals surface area contributed by atoms with Crippen LogP contribution in [0.3, 0.4) is 0 Å². The standard InChI is InChI=1S/C12H24N2O2/c1-12(2,9-13)11(16)14-7-4-3-5-10(14)6-8-15/h10,15H,3-9,13H2,1-2H3. The van der Waals surface area contributed by atoms with Crippen molar-refractivity contribution in [2.75, 3.05) is 19.7 Å². The Bertz CT molecular complexity index is 239. The van der Waals surface area contributed by atoms with E-state index in [1.54, 1.807) is 0 Å². The molecule has 0 bridgehead atoms. The van der Waals surface area contributed by atoms with E-state index in [1.807, 2.05) is 18.7 Å². The zero-order valence-corrected chi connectivity index (χ0v) is 10.4. The van der Waals surface area contributed by atoms with Gasteiger partial charge in [-0.15, -0.1) is 0 Å². The van der Waals surface area contributed by atoms with Gasteiger partial charge in [0.1, 0.15) is 0 Å². The SMILES string of the molecule is CC(C)(CN)C(=O)N1CCCCC1CCO. The second kappa shape index (κ2) is 5.64. The van der Waals surface area contributed by atoms with Crippen molar-refractivity contribution in [1.82, 2.24) is 4.90 Å². The van der Waals surface area contributed by atoms with Crippen LogP contribution in [0.4, 0.5) is 0 Å². The molecule has 0 aliphatic carbocycles. The summed E-state index contributed by atoms with van der Waals surface area (Å²) in [7, 11) is 0. The monoisotopic (exact) mass is 228 g/mol. The maximum absolute atomic E-state index is 12.3. The molecule has 94 valence electrons. The fourth-order valence-electron chi connectivity index (χ4n) is 2.19. The molecule has 0 spiro atoms. The number of amides is 1. The van der Waals surface area contributed by atoms with Crippen LogP contribution in [0.25, 0.3) is 0 Å². The number of likely N-dealkylation sites (tertiary alicyclic amines) is 1. The first kappa shape index (κ1) is 13.5. The van der Waals surface area contributed by atoms with Gasteiger partial charge in [-0.05, 0) is 39.5 Å². The minimum Gasteiger partial charge on any atom is -0.396 e. The van der Waals surface area contributed by atoms with Crippen LogP contribution >= 0.6 is 0 Å². The predicted octanol–water partition coefficient (Wildman–Crippen LogP) is 0.735. The van der Waals surface area contributed by atoms with Gasteiger partial charge in [0, 0.05) is 25.7 Å². The van der Waals surface area contributed by atoms with Crippen molar-refractivity contribution in [2.45, 2.75) is 45.6 Å². The lowest BCUT2D eigenvalue weighted by atomic mass is 9.89. The van der Waals surface area contributed by atoms with Gasteiger partial charge >= 0.3 is 0 Å². The highest BCUT2D eigenvalue weighted by Gasteiger charge is 2.35. The molecule has 1 aliphatic heterocycles. The van der Waals surface area contributed by atoms with Crippen molar-refractivity contribution in [1.29, 1.82) is 0 Å². The van der Waals surface area contributed by atoms with Crippen molar-refractivity contribution in [3.63, 3.8) is 0 Å². The van der Waals surface area contributed by atoms with E-state index in [4.69, 9.17) is 10.8 Å². The average molecular weight is 228 g/mol. The molecule has 1 atom stereocenters. The van der Waals surface area contributed by atoms with Crippen LogP contribution in [-0.2, 0) is 4.79 Å².